The molecule has 0 aliphatic carbocycles. The third kappa shape index (κ3) is 2.60. The predicted molar refractivity (Wildman–Crippen MR) is 54.5 cm³/mol. The third-order valence-electron chi connectivity index (χ3n) is 1.71. The summed E-state index contributed by atoms with van der Waals surface area (Å²) in [7, 11) is 0. The second-order valence-electron chi connectivity index (χ2n) is 2.80. The summed E-state index contributed by atoms with van der Waals surface area (Å²) in [4.78, 5) is 19.7. The Bertz CT molecular complexity index is 407. The van der Waals surface area contributed by atoms with E-state index in [-0.39, 0.29) is 11.4 Å². The first kappa shape index (κ1) is 10.8. The normalized spacial score (nSPS) is 10.5. The van der Waals surface area contributed by atoms with Crippen molar-refractivity contribution in [1.82, 2.24) is 0 Å². The molecule has 78 valence electrons. The molecule has 0 amide bonds. The first-order valence-corrected chi connectivity index (χ1v) is 4.11. The molecular formula is C9H8N2O4. The molecule has 0 aliphatic heterocycles. The fourth-order valence-electron chi connectivity index (χ4n) is 1.12. The molecule has 1 aromatic carbocycles. The van der Waals surface area contributed by atoms with Crippen molar-refractivity contribution in [3.63, 3.8) is 0 Å². The number of hydrogen-bond donors (Lipinski definition) is 0. The van der Waals surface area contributed by atoms with Crippen LogP contribution in [0.4, 0.5) is 11.4 Å². The Morgan fingerprint density at radius 1 is 1.07 bits per heavy atom. The van der Waals surface area contributed by atoms with Gasteiger partial charge in [-0.05, 0) is 12.5 Å². The van der Waals surface area contributed by atoms with E-state index in [0.29, 0.717) is 5.56 Å². The average molecular weight is 208 g/mol. The zero-order valence-electron chi connectivity index (χ0n) is 7.91. The van der Waals surface area contributed by atoms with E-state index in [1.54, 1.807) is 19.1 Å². The van der Waals surface area contributed by atoms with Crippen LogP contribution in [0.15, 0.2) is 24.3 Å². The number of rotatable bonds is 3. The van der Waals surface area contributed by atoms with Crippen LogP contribution in [0.3, 0.4) is 0 Å². The number of nitrogens with zero attached hydrogens (tertiary/aromatic N) is 2. The van der Waals surface area contributed by atoms with Crippen LogP contribution in [-0.2, 0) is 0 Å². The van der Waals surface area contributed by atoms with Crippen molar-refractivity contribution in [2.75, 3.05) is 0 Å². The Morgan fingerprint density at radius 3 is 1.87 bits per heavy atom. The maximum absolute atomic E-state index is 10.5. The summed E-state index contributed by atoms with van der Waals surface area (Å²) in [5.41, 5.74) is -0.118. The zero-order valence-corrected chi connectivity index (χ0v) is 7.91. The third-order valence-corrected chi connectivity index (χ3v) is 1.71. The zero-order chi connectivity index (χ0) is 11.4. The molecule has 0 heterocycles. The van der Waals surface area contributed by atoms with Crippen LogP contribution in [0.2, 0.25) is 0 Å². The summed E-state index contributed by atoms with van der Waals surface area (Å²) in [6.45, 7) is 1.73. The van der Waals surface area contributed by atoms with Crippen molar-refractivity contribution in [3.05, 3.63) is 50.1 Å². The van der Waals surface area contributed by atoms with Gasteiger partial charge in [-0.15, -0.1) is 0 Å². The van der Waals surface area contributed by atoms with E-state index >= 15 is 0 Å². The molecule has 0 fully saturated rings. The molecule has 0 radical (unpaired) electrons. The highest BCUT2D eigenvalue weighted by Gasteiger charge is 2.14. The number of nitro groups is 2. The molecule has 6 heteroatoms. The Morgan fingerprint density at radius 2 is 1.53 bits per heavy atom. The number of benzene rings is 1. The molecule has 15 heavy (non-hydrogen) atoms. The average Bonchev–Trinajstić information content (AvgIpc) is 2.17. The van der Waals surface area contributed by atoms with Crippen molar-refractivity contribution in [2.45, 2.75) is 6.92 Å². The molecule has 0 atom stereocenters. The molecular weight excluding hydrogens is 200 g/mol. The molecule has 0 unspecified atom stereocenters. The number of hydrogen-bond acceptors (Lipinski definition) is 4. The summed E-state index contributed by atoms with van der Waals surface area (Å²) in [6.07, 6.45) is 3.22. The van der Waals surface area contributed by atoms with Crippen molar-refractivity contribution >= 4 is 17.5 Å². The molecule has 1 rings (SSSR count). The van der Waals surface area contributed by atoms with E-state index in [1.165, 1.54) is 12.1 Å². The summed E-state index contributed by atoms with van der Waals surface area (Å²) in [5, 5.41) is 21.0. The van der Waals surface area contributed by atoms with Crippen molar-refractivity contribution in [3.8, 4) is 0 Å². The summed E-state index contributed by atoms with van der Waals surface area (Å²) in [5.74, 6) is 0. The van der Waals surface area contributed by atoms with E-state index in [1.807, 2.05) is 0 Å². The van der Waals surface area contributed by atoms with Gasteiger partial charge < -0.3 is 0 Å². The molecule has 6 nitrogen and oxygen atoms in total. The van der Waals surface area contributed by atoms with Gasteiger partial charge in [0, 0.05) is 12.1 Å². The molecule has 0 saturated carbocycles. The van der Waals surface area contributed by atoms with Gasteiger partial charge in [0.05, 0.1) is 15.9 Å². The van der Waals surface area contributed by atoms with E-state index in [0.717, 1.165) is 6.07 Å². The molecule has 1 aromatic rings. The largest absolute Gasteiger partial charge is 0.276 e. The molecule has 0 spiro atoms. The quantitative estimate of drug-likeness (QED) is 0.564. The number of non-ortho nitro benzene ring substituents is 2. The molecule has 0 N–H and O–H groups in total. The van der Waals surface area contributed by atoms with E-state index in [9.17, 15) is 20.2 Å². The minimum Gasteiger partial charge on any atom is -0.258 e. The van der Waals surface area contributed by atoms with Gasteiger partial charge in [-0.2, -0.15) is 0 Å². The summed E-state index contributed by atoms with van der Waals surface area (Å²) >= 11 is 0. The number of allylic oxidation sites excluding steroid dienone is 1. The molecule has 0 saturated heterocycles. The maximum Gasteiger partial charge on any atom is 0.276 e. The highest BCUT2D eigenvalue weighted by molar-refractivity contribution is 5.58. The second-order valence-corrected chi connectivity index (χ2v) is 2.80. The lowest BCUT2D eigenvalue weighted by Gasteiger charge is -1.96. The van der Waals surface area contributed by atoms with Crippen LogP contribution >= 0.6 is 0 Å². The number of nitro benzene ring substituents is 2. The first-order valence-electron chi connectivity index (χ1n) is 4.11. The van der Waals surface area contributed by atoms with Gasteiger partial charge >= 0.3 is 0 Å². The van der Waals surface area contributed by atoms with Crippen LogP contribution in [0.1, 0.15) is 12.5 Å². The van der Waals surface area contributed by atoms with Crippen LogP contribution in [0, 0.1) is 20.2 Å². The minimum atomic E-state index is -0.653. The maximum atomic E-state index is 10.5. The van der Waals surface area contributed by atoms with Crippen LogP contribution in [-0.4, -0.2) is 9.85 Å². The summed E-state index contributed by atoms with van der Waals surface area (Å²) < 4.78 is 0. The van der Waals surface area contributed by atoms with Crippen molar-refractivity contribution in [1.29, 1.82) is 0 Å². The molecule has 0 aromatic heterocycles. The van der Waals surface area contributed by atoms with E-state index in [4.69, 9.17) is 0 Å². The lowest BCUT2D eigenvalue weighted by molar-refractivity contribution is -0.394. The highest BCUT2D eigenvalue weighted by atomic mass is 16.6. The van der Waals surface area contributed by atoms with E-state index < -0.39 is 9.85 Å². The topological polar surface area (TPSA) is 86.3 Å². The predicted octanol–water partition coefficient (Wildman–Crippen LogP) is 2.54. The minimum absolute atomic E-state index is 0.280. The van der Waals surface area contributed by atoms with Gasteiger partial charge in [-0.1, -0.05) is 12.2 Å². The summed E-state index contributed by atoms with van der Waals surface area (Å²) in [6, 6.07) is 3.51. The fourth-order valence-corrected chi connectivity index (χ4v) is 1.12. The van der Waals surface area contributed by atoms with Crippen molar-refractivity contribution in [2.24, 2.45) is 0 Å². The van der Waals surface area contributed by atoms with Gasteiger partial charge in [0.1, 0.15) is 0 Å². The van der Waals surface area contributed by atoms with Crippen molar-refractivity contribution < 1.29 is 9.85 Å². The Hall–Kier alpha value is -2.24. The second kappa shape index (κ2) is 4.32. The molecule has 0 bridgehead atoms. The van der Waals surface area contributed by atoms with Crippen LogP contribution in [0.5, 0.6) is 0 Å². The van der Waals surface area contributed by atoms with Crippen LogP contribution in [0.25, 0.3) is 6.08 Å². The van der Waals surface area contributed by atoms with Crippen LogP contribution < -0.4 is 0 Å². The lowest BCUT2D eigenvalue weighted by Crippen LogP contribution is -1.93. The van der Waals surface area contributed by atoms with Gasteiger partial charge in [-0.25, -0.2) is 0 Å². The Balaban J connectivity index is 3.32. The molecule has 0 aliphatic rings. The van der Waals surface area contributed by atoms with Gasteiger partial charge in [0.2, 0.25) is 0 Å². The van der Waals surface area contributed by atoms with Gasteiger partial charge in [0.25, 0.3) is 11.4 Å². The van der Waals surface area contributed by atoms with E-state index in [2.05, 4.69) is 0 Å². The smallest absolute Gasteiger partial charge is 0.258 e. The monoisotopic (exact) mass is 208 g/mol. The Labute approximate surface area is 85.1 Å². The fraction of sp³-hybridized carbons (Fsp3) is 0.111. The van der Waals surface area contributed by atoms with Gasteiger partial charge in [0.15, 0.2) is 0 Å². The SMILES string of the molecule is C/C=C/c1cc([N+](=O)[O-])cc([N+](=O)[O-])c1. The lowest BCUT2D eigenvalue weighted by atomic mass is 10.1. The standard InChI is InChI=1S/C9H8N2O4/c1-2-3-7-4-8(10(12)13)6-9(5-7)11(14)15/h2-6H,1H3/b3-2+. The van der Waals surface area contributed by atoms with Gasteiger partial charge in [-0.3, -0.25) is 20.2 Å². The highest BCUT2D eigenvalue weighted by Crippen LogP contribution is 2.23. The first-order chi connectivity index (χ1) is 7.04. The Kier molecular flexibility index (Phi) is 3.12.